The molecule has 0 unspecified atom stereocenters. The lowest BCUT2D eigenvalue weighted by atomic mass is 10.0. The van der Waals surface area contributed by atoms with Crippen molar-refractivity contribution >= 4 is 17.3 Å². The molecule has 0 saturated carbocycles. The molecule has 9 nitrogen and oxygen atoms in total. The summed E-state index contributed by atoms with van der Waals surface area (Å²) >= 11 is 0. The molecule has 39 heavy (non-hydrogen) atoms. The van der Waals surface area contributed by atoms with E-state index in [0.717, 1.165) is 25.1 Å². The van der Waals surface area contributed by atoms with Crippen molar-refractivity contribution in [2.45, 2.75) is 25.4 Å². The quantitative estimate of drug-likeness (QED) is 0.352. The number of alkyl halides is 2. The summed E-state index contributed by atoms with van der Waals surface area (Å²) in [4.78, 5) is 15.3. The maximum absolute atomic E-state index is 14.6. The topological polar surface area (TPSA) is 107 Å². The molecule has 1 fully saturated rings. The molecule has 0 bridgehead atoms. The van der Waals surface area contributed by atoms with Crippen LogP contribution in [0.3, 0.4) is 0 Å². The summed E-state index contributed by atoms with van der Waals surface area (Å²) in [5.74, 6) is 6.76. The molecule has 0 radical (unpaired) electrons. The molecule has 0 spiro atoms. The van der Waals surface area contributed by atoms with E-state index in [4.69, 9.17) is 10.5 Å². The van der Waals surface area contributed by atoms with E-state index >= 15 is 0 Å². The number of rotatable bonds is 6. The van der Waals surface area contributed by atoms with Crippen LogP contribution >= 0.6 is 0 Å². The number of methoxy groups -OCH3 is 1. The standard InChI is InChI=1S/C27H25F3N8O/c1-39-22-6-2-5-20(28)25(22)26-32-10-9-23(36-26)35-24-12-21(37-11-3-4-19(31)16-37)18(14-33-24)8-7-17-13-34-38(15-17)27(29)30/h2,5-6,9-10,12-15,19,27H,3-4,11,16,31H2,1H3,(H,32,33,35,36)/t19-/m0/s1. The fourth-order valence-electron chi connectivity index (χ4n) is 4.32. The minimum Gasteiger partial charge on any atom is -0.496 e. The highest BCUT2D eigenvalue weighted by atomic mass is 19.3. The number of hydrogen-bond donors (Lipinski definition) is 2. The molecule has 200 valence electrons. The SMILES string of the molecule is COc1cccc(F)c1-c1nccc(Nc2cc(N3CCC[C@H](N)C3)c(C#Cc3cnn(C(F)F)c3)cn2)n1. The summed E-state index contributed by atoms with van der Waals surface area (Å²) in [6.07, 6.45) is 7.43. The number of anilines is 3. The van der Waals surface area contributed by atoms with E-state index in [-0.39, 0.29) is 17.4 Å². The molecule has 12 heteroatoms. The lowest BCUT2D eigenvalue weighted by molar-refractivity contribution is 0.0566. The minimum absolute atomic E-state index is 0.00794. The predicted octanol–water partition coefficient (Wildman–Crippen LogP) is 4.35. The van der Waals surface area contributed by atoms with Gasteiger partial charge in [-0.25, -0.2) is 24.0 Å². The number of halogens is 3. The number of pyridine rings is 1. The van der Waals surface area contributed by atoms with Crippen LogP contribution in [0.2, 0.25) is 0 Å². The van der Waals surface area contributed by atoms with Gasteiger partial charge in [0.05, 0.1) is 35.7 Å². The second-order valence-electron chi connectivity index (χ2n) is 8.88. The third-order valence-electron chi connectivity index (χ3n) is 6.15. The first-order valence-electron chi connectivity index (χ1n) is 12.2. The van der Waals surface area contributed by atoms with Crippen molar-refractivity contribution in [3.8, 4) is 29.0 Å². The zero-order valence-electron chi connectivity index (χ0n) is 21.0. The molecule has 0 aliphatic carbocycles. The van der Waals surface area contributed by atoms with Crippen LogP contribution in [0, 0.1) is 17.7 Å². The Balaban J connectivity index is 1.46. The Hall–Kier alpha value is -4.63. The summed E-state index contributed by atoms with van der Waals surface area (Å²) in [5.41, 5.74) is 8.14. The highest BCUT2D eigenvalue weighted by Crippen LogP contribution is 2.31. The average Bonchev–Trinajstić information content (AvgIpc) is 3.42. The van der Waals surface area contributed by atoms with Gasteiger partial charge in [-0.05, 0) is 31.0 Å². The Bertz CT molecular complexity index is 1530. The molecular formula is C27H25F3N8O. The van der Waals surface area contributed by atoms with Gasteiger partial charge in [0.1, 0.15) is 23.2 Å². The summed E-state index contributed by atoms with van der Waals surface area (Å²) in [6, 6.07) is 7.98. The van der Waals surface area contributed by atoms with Gasteiger partial charge in [-0.3, -0.25) is 0 Å². The second kappa shape index (κ2) is 11.4. The Kier molecular flexibility index (Phi) is 7.60. The molecule has 1 atom stereocenters. The first-order chi connectivity index (χ1) is 18.9. The van der Waals surface area contributed by atoms with Crippen LogP contribution in [0.25, 0.3) is 11.4 Å². The molecule has 1 aromatic carbocycles. The van der Waals surface area contributed by atoms with Crippen molar-refractivity contribution in [2.24, 2.45) is 5.73 Å². The number of nitrogens with two attached hydrogens (primary N) is 1. The summed E-state index contributed by atoms with van der Waals surface area (Å²) in [7, 11) is 1.45. The third kappa shape index (κ3) is 5.94. The largest absolute Gasteiger partial charge is 0.496 e. The van der Waals surface area contributed by atoms with Crippen molar-refractivity contribution in [3.63, 3.8) is 0 Å². The Morgan fingerprint density at radius 2 is 2.03 bits per heavy atom. The minimum atomic E-state index is -2.74. The van der Waals surface area contributed by atoms with Gasteiger partial charge in [0.15, 0.2) is 5.82 Å². The number of ether oxygens (including phenoxy) is 1. The molecule has 4 aromatic rings. The fourth-order valence-corrected chi connectivity index (χ4v) is 4.32. The predicted molar refractivity (Wildman–Crippen MR) is 140 cm³/mol. The average molecular weight is 535 g/mol. The Morgan fingerprint density at radius 3 is 2.79 bits per heavy atom. The highest BCUT2D eigenvalue weighted by molar-refractivity contribution is 5.69. The van der Waals surface area contributed by atoms with E-state index in [0.29, 0.717) is 39.7 Å². The van der Waals surface area contributed by atoms with Crippen LogP contribution in [-0.2, 0) is 0 Å². The lowest BCUT2D eigenvalue weighted by Gasteiger charge is -2.33. The third-order valence-corrected chi connectivity index (χ3v) is 6.15. The molecule has 1 saturated heterocycles. The van der Waals surface area contributed by atoms with Gasteiger partial charge in [0, 0.05) is 43.8 Å². The van der Waals surface area contributed by atoms with Gasteiger partial charge < -0.3 is 20.7 Å². The van der Waals surface area contributed by atoms with E-state index in [1.165, 1.54) is 31.8 Å². The first-order valence-corrected chi connectivity index (χ1v) is 12.2. The van der Waals surface area contributed by atoms with Crippen molar-refractivity contribution in [3.05, 3.63) is 72.1 Å². The van der Waals surface area contributed by atoms with Crippen LogP contribution in [0.4, 0.5) is 30.5 Å². The number of nitrogens with one attached hydrogen (secondary N) is 1. The molecule has 1 aliphatic rings. The van der Waals surface area contributed by atoms with Gasteiger partial charge >= 0.3 is 6.55 Å². The van der Waals surface area contributed by atoms with Gasteiger partial charge in [-0.15, -0.1) is 0 Å². The number of aromatic nitrogens is 5. The molecular weight excluding hydrogens is 509 g/mol. The van der Waals surface area contributed by atoms with Crippen molar-refractivity contribution in [1.29, 1.82) is 0 Å². The Labute approximate surface area is 222 Å². The van der Waals surface area contributed by atoms with E-state index in [2.05, 4.69) is 42.1 Å². The molecule has 1 aliphatic heterocycles. The van der Waals surface area contributed by atoms with E-state index in [1.807, 2.05) is 6.07 Å². The molecule has 3 aromatic heterocycles. The molecule has 0 amide bonds. The lowest BCUT2D eigenvalue weighted by Crippen LogP contribution is -2.43. The monoisotopic (exact) mass is 534 g/mol. The molecule has 3 N–H and O–H groups in total. The summed E-state index contributed by atoms with van der Waals surface area (Å²) in [6.45, 7) is -1.33. The Morgan fingerprint density at radius 1 is 1.15 bits per heavy atom. The van der Waals surface area contributed by atoms with Gasteiger partial charge in [-0.1, -0.05) is 17.9 Å². The van der Waals surface area contributed by atoms with Crippen LogP contribution in [0.5, 0.6) is 5.75 Å². The molecule has 4 heterocycles. The second-order valence-corrected chi connectivity index (χ2v) is 8.88. The zero-order valence-corrected chi connectivity index (χ0v) is 21.0. The van der Waals surface area contributed by atoms with Gasteiger partial charge in [0.25, 0.3) is 0 Å². The van der Waals surface area contributed by atoms with Crippen LogP contribution in [-0.4, -0.2) is 51.0 Å². The van der Waals surface area contributed by atoms with E-state index in [9.17, 15) is 13.2 Å². The van der Waals surface area contributed by atoms with Crippen LogP contribution in [0.15, 0.2) is 55.1 Å². The van der Waals surface area contributed by atoms with Crippen LogP contribution < -0.4 is 20.7 Å². The fraction of sp³-hybridized carbons (Fsp3) is 0.259. The summed E-state index contributed by atoms with van der Waals surface area (Å²) in [5, 5.41) is 6.77. The van der Waals surface area contributed by atoms with E-state index in [1.54, 1.807) is 24.4 Å². The summed E-state index contributed by atoms with van der Waals surface area (Å²) < 4.78 is 46.2. The normalized spacial score (nSPS) is 15.1. The number of nitrogens with zero attached hydrogens (tertiary/aromatic N) is 6. The van der Waals surface area contributed by atoms with Crippen molar-refractivity contribution < 1.29 is 17.9 Å². The number of hydrogen-bond acceptors (Lipinski definition) is 8. The van der Waals surface area contributed by atoms with Crippen molar-refractivity contribution in [1.82, 2.24) is 24.7 Å². The number of piperidine rings is 1. The highest BCUT2D eigenvalue weighted by Gasteiger charge is 2.20. The maximum Gasteiger partial charge on any atom is 0.333 e. The smallest absolute Gasteiger partial charge is 0.333 e. The molecule has 5 rings (SSSR count). The van der Waals surface area contributed by atoms with E-state index < -0.39 is 12.4 Å². The maximum atomic E-state index is 14.6. The van der Waals surface area contributed by atoms with Crippen LogP contribution in [0.1, 0.15) is 30.5 Å². The van der Waals surface area contributed by atoms with Gasteiger partial charge in [0.2, 0.25) is 0 Å². The zero-order chi connectivity index (χ0) is 27.4. The van der Waals surface area contributed by atoms with Crippen molar-refractivity contribution in [2.75, 3.05) is 30.4 Å². The first kappa shape index (κ1) is 26.0. The number of benzene rings is 1. The van der Waals surface area contributed by atoms with Gasteiger partial charge in [-0.2, -0.15) is 13.9 Å².